The highest BCUT2D eigenvalue weighted by molar-refractivity contribution is 5.20. The van der Waals surface area contributed by atoms with Crippen LogP contribution in [0.25, 0.3) is 0 Å². The molecule has 0 saturated heterocycles. The van der Waals surface area contributed by atoms with Gasteiger partial charge < -0.3 is 9.88 Å². The van der Waals surface area contributed by atoms with Gasteiger partial charge in [-0.25, -0.2) is 4.98 Å². The second kappa shape index (κ2) is 8.63. The highest BCUT2D eigenvalue weighted by atomic mass is 15.3. The van der Waals surface area contributed by atoms with Crippen molar-refractivity contribution in [2.75, 3.05) is 0 Å². The number of allylic oxidation sites excluding steroid dienone is 1. The summed E-state index contributed by atoms with van der Waals surface area (Å²) in [5.74, 6) is 1.05. The number of aromatic nitrogens is 4. The minimum Gasteiger partial charge on any atom is -0.335 e. The van der Waals surface area contributed by atoms with E-state index in [0.717, 1.165) is 37.6 Å². The molecular formula is C21H27N5. The minimum atomic E-state index is 0.278. The molecule has 3 rings (SSSR count). The van der Waals surface area contributed by atoms with E-state index in [4.69, 9.17) is 0 Å². The second-order valence-electron chi connectivity index (χ2n) is 6.55. The summed E-state index contributed by atoms with van der Waals surface area (Å²) >= 11 is 0. The van der Waals surface area contributed by atoms with Crippen LogP contribution in [-0.4, -0.2) is 19.3 Å². The quantitative estimate of drug-likeness (QED) is 0.598. The maximum Gasteiger partial charge on any atom is 0.105 e. The van der Waals surface area contributed by atoms with Crippen LogP contribution in [0.1, 0.15) is 35.1 Å². The van der Waals surface area contributed by atoms with Crippen molar-refractivity contribution in [2.45, 2.75) is 45.9 Å². The molecule has 1 atom stereocenters. The molecule has 2 heterocycles. The van der Waals surface area contributed by atoms with E-state index in [9.17, 15) is 0 Å². The van der Waals surface area contributed by atoms with E-state index >= 15 is 0 Å². The molecular weight excluding hydrogens is 322 g/mol. The van der Waals surface area contributed by atoms with E-state index in [-0.39, 0.29) is 6.04 Å². The average molecular weight is 349 g/mol. The fourth-order valence-corrected chi connectivity index (χ4v) is 3.17. The molecule has 0 amide bonds. The molecule has 5 heteroatoms. The van der Waals surface area contributed by atoms with Gasteiger partial charge in [-0.2, -0.15) is 5.10 Å². The molecule has 0 spiro atoms. The maximum atomic E-state index is 4.54. The number of hydrogen-bond donors (Lipinski definition) is 1. The Morgan fingerprint density at radius 3 is 2.73 bits per heavy atom. The molecule has 5 nitrogen and oxygen atoms in total. The Hall–Kier alpha value is -2.66. The number of aryl methyl sites for hydroxylation is 3. The van der Waals surface area contributed by atoms with E-state index in [2.05, 4.69) is 70.0 Å². The molecule has 0 fully saturated rings. The standard InChI is InChI=1S/C21H27N5/c1-4-12-26-16-20(17(2)24-26)15-23-21(19-8-6-5-7-9-19)10-13-25-14-11-22-18(25)3/h4-9,11,14,16,21,23H,1,10,12-13,15H2,2-3H3/t21-/m0/s1. The summed E-state index contributed by atoms with van der Waals surface area (Å²) in [6.07, 6.45) is 8.87. The van der Waals surface area contributed by atoms with E-state index in [1.807, 2.05) is 30.1 Å². The number of hydrogen-bond acceptors (Lipinski definition) is 3. The van der Waals surface area contributed by atoms with E-state index in [1.165, 1.54) is 11.1 Å². The average Bonchev–Trinajstić information content (AvgIpc) is 3.21. The molecule has 1 N–H and O–H groups in total. The molecule has 1 aromatic carbocycles. The summed E-state index contributed by atoms with van der Waals surface area (Å²) in [6, 6.07) is 10.9. The normalized spacial score (nSPS) is 12.2. The van der Waals surface area contributed by atoms with Crippen molar-refractivity contribution in [1.82, 2.24) is 24.6 Å². The highest BCUT2D eigenvalue weighted by Crippen LogP contribution is 2.19. The van der Waals surface area contributed by atoms with Crippen molar-refractivity contribution >= 4 is 0 Å². The predicted molar refractivity (Wildman–Crippen MR) is 105 cm³/mol. The number of nitrogens with zero attached hydrogens (tertiary/aromatic N) is 4. The Morgan fingerprint density at radius 2 is 2.04 bits per heavy atom. The van der Waals surface area contributed by atoms with Gasteiger partial charge >= 0.3 is 0 Å². The number of imidazole rings is 1. The van der Waals surface area contributed by atoms with Crippen molar-refractivity contribution in [3.8, 4) is 0 Å². The lowest BCUT2D eigenvalue weighted by Crippen LogP contribution is -2.22. The molecule has 0 aliphatic carbocycles. The van der Waals surface area contributed by atoms with Crippen LogP contribution in [0.3, 0.4) is 0 Å². The predicted octanol–water partition coefficient (Wildman–Crippen LogP) is 3.80. The molecule has 0 aliphatic rings. The molecule has 0 unspecified atom stereocenters. The van der Waals surface area contributed by atoms with Crippen molar-refractivity contribution < 1.29 is 0 Å². The Morgan fingerprint density at radius 1 is 1.23 bits per heavy atom. The Labute approximate surface area is 155 Å². The number of nitrogens with one attached hydrogen (secondary N) is 1. The first kappa shape index (κ1) is 18.1. The number of rotatable bonds is 9. The molecule has 0 aliphatic heterocycles. The van der Waals surface area contributed by atoms with Gasteiger partial charge in [-0.05, 0) is 25.8 Å². The van der Waals surface area contributed by atoms with Crippen LogP contribution in [-0.2, 0) is 19.6 Å². The topological polar surface area (TPSA) is 47.7 Å². The van der Waals surface area contributed by atoms with Crippen molar-refractivity contribution in [3.05, 3.63) is 84.2 Å². The summed E-state index contributed by atoms with van der Waals surface area (Å²) in [5.41, 5.74) is 3.60. The van der Waals surface area contributed by atoms with Crippen LogP contribution in [0.2, 0.25) is 0 Å². The van der Waals surface area contributed by atoms with Crippen LogP contribution in [0.15, 0.2) is 61.6 Å². The molecule has 0 bridgehead atoms. The minimum absolute atomic E-state index is 0.278. The third-order valence-corrected chi connectivity index (χ3v) is 4.69. The van der Waals surface area contributed by atoms with Crippen LogP contribution in [0.4, 0.5) is 0 Å². The van der Waals surface area contributed by atoms with Crippen LogP contribution in [0, 0.1) is 13.8 Å². The van der Waals surface area contributed by atoms with Crippen molar-refractivity contribution in [3.63, 3.8) is 0 Å². The van der Waals surface area contributed by atoms with E-state index in [1.54, 1.807) is 0 Å². The van der Waals surface area contributed by atoms with E-state index < -0.39 is 0 Å². The smallest absolute Gasteiger partial charge is 0.105 e. The monoisotopic (exact) mass is 349 g/mol. The van der Waals surface area contributed by atoms with Crippen molar-refractivity contribution in [2.24, 2.45) is 0 Å². The summed E-state index contributed by atoms with van der Waals surface area (Å²) in [5, 5.41) is 8.26. The Bertz CT molecular complexity index is 831. The summed E-state index contributed by atoms with van der Waals surface area (Å²) in [6.45, 7) is 10.4. The molecule has 0 radical (unpaired) electrons. The van der Waals surface area contributed by atoms with Gasteiger partial charge in [0.15, 0.2) is 0 Å². The molecule has 2 aromatic heterocycles. The van der Waals surface area contributed by atoms with Gasteiger partial charge in [0, 0.05) is 43.3 Å². The third kappa shape index (κ3) is 4.49. The number of benzene rings is 1. The molecule has 3 aromatic rings. The van der Waals surface area contributed by atoms with Crippen molar-refractivity contribution in [1.29, 1.82) is 0 Å². The van der Waals surface area contributed by atoms with Gasteiger partial charge in [-0.15, -0.1) is 6.58 Å². The zero-order valence-electron chi connectivity index (χ0n) is 15.6. The van der Waals surface area contributed by atoms with Gasteiger partial charge in [0.1, 0.15) is 5.82 Å². The Kier molecular flexibility index (Phi) is 6.02. The van der Waals surface area contributed by atoms with Gasteiger partial charge in [-0.1, -0.05) is 36.4 Å². The van der Waals surface area contributed by atoms with Gasteiger partial charge in [-0.3, -0.25) is 4.68 Å². The summed E-state index contributed by atoms with van der Waals surface area (Å²) < 4.78 is 4.14. The third-order valence-electron chi connectivity index (χ3n) is 4.69. The summed E-state index contributed by atoms with van der Waals surface area (Å²) in [7, 11) is 0. The molecule has 136 valence electrons. The lowest BCUT2D eigenvalue weighted by molar-refractivity contribution is 0.458. The molecule has 0 saturated carbocycles. The first-order valence-electron chi connectivity index (χ1n) is 9.07. The zero-order chi connectivity index (χ0) is 18.4. The fraction of sp³-hybridized carbons (Fsp3) is 0.333. The SMILES string of the molecule is C=CCn1cc(CN[C@@H](CCn2ccnc2C)c2ccccc2)c(C)n1. The van der Waals surface area contributed by atoms with Gasteiger partial charge in [0.05, 0.1) is 12.2 Å². The summed E-state index contributed by atoms with van der Waals surface area (Å²) in [4.78, 5) is 4.32. The maximum absolute atomic E-state index is 4.54. The lowest BCUT2D eigenvalue weighted by Gasteiger charge is -2.20. The lowest BCUT2D eigenvalue weighted by atomic mass is 10.0. The van der Waals surface area contributed by atoms with Gasteiger partial charge in [0.2, 0.25) is 0 Å². The first-order valence-corrected chi connectivity index (χ1v) is 9.07. The van der Waals surface area contributed by atoms with Crippen LogP contribution in [0.5, 0.6) is 0 Å². The van der Waals surface area contributed by atoms with E-state index in [0.29, 0.717) is 0 Å². The first-order chi connectivity index (χ1) is 12.7. The second-order valence-corrected chi connectivity index (χ2v) is 6.55. The Balaban J connectivity index is 1.69. The van der Waals surface area contributed by atoms with Crippen LogP contribution >= 0.6 is 0 Å². The highest BCUT2D eigenvalue weighted by Gasteiger charge is 2.13. The van der Waals surface area contributed by atoms with Crippen LogP contribution < -0.4 is 5.32 Å². The fourth-order valence-electron chi connectivity index (χ4n) is 3.17. The largest absolute Gasteiger partial charge is 0.335 e. The molecule has 26 heavy (non-hydrogen) atoms. The zero-order valence-corrected chi connectivity index (χ0v) is 15.6. The van der Waals surface area contributed by atoms with Gasteiger partial charge in [0.25, 0.3) is 0 Å².